The van der Waals surface area contributed by atoms with Gasteiger partial charge in [0.05, 0.1) is 5.56 Å². The summed E-state index contributed by atoms with van der Waals surface area (Å²) in [6.45, 7) is 1.07. The highest BCUT2D eigenvalue weighted by molar-refractivity contribution is 7.14. The quantitative estimate of drug-likeness (QED) is 0.741. The molecule has 0 bridgehead atoms. The van der Waals surface area contributed by atoms with E-state index >= 15 is 0 Å². The molecule has 0 spiro atoms. The fourth-order valence-electron chi connectivity index (χ4n) is 1.81. The third-order valence-electron chi connectivity index (χ3n) is 2.99. The minimum atomic E-state index is -0.672. The lowest BCUT2D eigenvalue weighted by atomic mass is 10.2. The molecule has 3 N–H and O–H groups in total. The van der Waals surface area contributed by atoms with E-state index in [1.54, 1.807) is 17.5 Å². The monoisotopic (exact) mass is 348 g/mol. The molecule has 0 atom stereocenters. The summed E-state index contributed by atoms with van der Waals surface area (Å²) in [5.74, 6) is -1.31. The second-order valence-corrected chi connectivity index (χ2v) is 5.71. The molecule has 0 aliphatic carbocycles. The van der Waals surface area contributed by atoms with Crippen molar-refractivity contribution >= 4 is 34.1 Å². The highest BCUT2D eigenvalue weighted by Gasteiger charge is 2.14. The van der Waals surface area contributed by atoms with Gasteiger partial charge in [0.2, 0.25) is 0 Å². The zero-order valence-electron chi connectivity index (χ0n) is 12.9. The normalized spacial score (nSPS) is 10.0. The Balaban J connectivity index is 1.77. The maximum Gasteiger partial charge on any atom is 0.344 e. The summed E-state index contributed by atoms with van der Waals surface area (Å²) >= 11 is 1.15. The van der Waals surface area contributed by atoms with Crippen LogP contribution in [0, 0.1) is 6.92 Å². The molecule has 0 unspecified atom stereocenters. The third-order valence-corrected chi connectivity index (χ3v) is 3.82. The van der Waals surface area contributed by atoms with Crippen LogP contribution in [0.25, 0.3) is 0 Å². The molecule has 7 nitrogen and oxygen atoms in total. The molecule has 0 saturated heterocycles. The van der Waals surface area contributed by atoms with E-state index in [1.165, 1.54) is 6.07 Å². The first-order chi connectivity index (χ1) is 11.5. The van der Waals surface area contributed by atoms with Gasteiger partial charge in [-0.3, -0.25) is 9.59 Å². The summed E-state index contributed by atoms with van der Waals surface area (Å²) in [6, 6.07) is 8.74. The van der Waals surface area contributed by atoms with E-state index in [0.717, 1.165) is 16.9 Å². The van der Waals surface area contributed by atoms with Crippen molar-refractivity contribution in [3.8, 4) is 5.75 Å². The number of para-hydroxylation sites is 1. The summed E-state index contributed by atoms with van der Waals surface area (Å²) in [6.07, 6.45) is 0. The number of aryl methyl sites for hydroxylation is 1. The topological polar surface area (TPSA) is 108 Å². The number of carbonyl (C=O) groups is 3. The summed E-state index contributed by atoms with van der Waals surface area (Å²) in [4.78, 5) is 34.5. The van der Waals surface area contributed by atoms with Gasteiger partial charge in [0.1, 0.15) is 10.8 Å². The molecular weight excluding hydrogens is 332 g/mol. The lowest BCUT2D eigenvalue weighted by Gasteiger charge is -2.09. The number of anilines is 1. The Kier molecular flexibility index (Phi) is 5.91. The average molecular weight is 348 g/mol. The fraction of sp³-hybridized carbons (Fsp3) is 0.188. The molecule has 1 aromatic carbocycles. The number of thiophene rings is 1. The fourth-order valence-corrected chi connectivity index (χ4v) is 2.61. The van der Waals surface area contributed by atoms with Crippen molar-refractivity contribution < 1.29 is 23.9 Å². The van der Waals surface area contributed by atoms with Crippen LogP contribution >= 0.6 is 11.3 Å². The maximum atomic E-state index is 11.7. The lowest BCUT2D eigenvalue weighted by Crippen LogP contribution is -2.24. The molecule has 24 heavy (non-hydrogen) atoms. The first kappa shape index (κ1) is 17.5. The number of hydrogen-bond donors (Lipinski definition) is 2. The van der Waals surface area contributed by atoms with Gasteiger partial charge in [-0.05, 0) is 30.0 Å². The Morgan fingerprint density at radius 1 is 1.17 bits per heavy atom. The molecule has 2 aromatic rings. The number of primary amides is 1. The van der Waals surface area contributed by atoms with Gasteiger partial charge in [-0.15, -0.1) is 11.3 Å². The zero-order valence-corrected chi connectivity index (χ0v) is 13.7. The van der Waals surface area contributed by atoms with Crippen LogP contribution in [-0.2, 0) is 14.3 Å². The average Bonchev–Trinajstić information content (AvgIpc) is 3.00. The number of nitrogens with two attached hydrogens (primary N) is 1. The second-order valence-electron chi connectivity index (χ2n) is 4.79. The zero-order chi connectivity index (χ0) is 17.5. The van der Waals surface area contributed by atoms with Gasteiger partial charge in [-0.25, -0.2) is 4.79 Å². The Labute approximate surface area is 142 Å². The van der Waals surface area contributed by atoms with Gasteiger partial charge >= 0.3 is 5.97 Å². The predicted molar refractivity (Wildman–Crippen MR) is 89.1 cm³/mol. The minimum absolute atomic E-state index is 0.211. The second kappa shape index (κ2) is 8.11. The molecule has 1 aromatic heterocycles. The Hall–Kier alpha value is -2.87. The molecule has 0 fully saturated rings. The summed E-state index contributed by atoms with van der Waals surface area (Å²) in [5, 5.41) is 4.41. The molecule has 0 aliphatic rings. The summed E-state index contributed by atoms with van der Waals surface area (Å²) < 4.78 is 10.1. The van der Waals surface area contributed by atoms with Crippen LogP contribution in [0.15, 0.2) is 35.7 Å². The molecule has 0 aliphatic heterocycles. The van der Waals surface area contributed by atoms with Crippen LogP contribution < -0.4 is 15.8 Å². The standard InChI is InChI=1S/C16H16N2O5S/c1-10-4-2-3-5-12(10)22-9-14(20)23-8-13(19)18-16-11(15(17)21)6-7-24-16/h2-7H,8-9H2,1H3,(H2,17,21)(H,18,19). The maximum absolute atomic E-state index is 11.7. The predicted octanol–water partition coefficient (Wildman–Crippen LogP) is 1.72. The molecule has 0 saturated carbocycles. The van der Waals surface area contributed by atoms with Crippen molar-refractivity contribution in [2.75, 3.05) is 18.5 Å². The van der Waals surface area contributed by atoms with E-state index in [-0.39, 0.29) is 12.2 Å². The van der Waals surface area contributed by atoms with Crippen LogP contribution in [0.2, 0.25) is 0 Å². The number of carbonyl (C=O) groups excluding carboxylic acids is 3. The number of esters is 1. The largest absolute Gasteiger partial charge is 0.482 e. The number of hydrogen-bond acceptors (Lipinski definition) is 6. The van der Waals surface area contributed by atoms with Crippen molar-refractivity contribution in [1.29, 1.82) is 0 Å². The molecule has 8 heteroatoms. The van der Waals surface area contributed by atoms with E-state index < -0.39 is 24.4 Å². The lowest BCUT2D eigenvalue weighted by molar-refractivity contribution is -0.149. The van der Waals surface area contributed by atoms with E-state index in [0.29, 0.717) is 10.8 Å². The summed E-state index contributed by atoms with van der Waals surface area (Å²) in [7, 11) is 0. The Morgan fingerprint density at radius 3 is 2.62 bits per heavy atom. The molecular formula is C16H16N2O5S. The highest BCUT2D eigenvalue weighted by atomic mass is 32.1. The van der Waals surface area contributed by atoms with Crippen LogP contribution in [0.3, 0.4) is 0 Å². The van der Waals surface area contributed by atoms with Gasteiger partial charge < -0.3 is 20.5 Å². The highest BCUT2D eigenvalue weighted by Crippen LogP contribution is 2.22. The van der Waals surface area contributed by atoms with Gasteiger partial charge in [-0.2, -0.15) is 0 Å². The Bertz CT molecular complexity index is 756. The number of benzene rings is 1. The van der Waals surface area contributed by atoms with Crippen molar-refractivity contribution in [2.45, 2.75) is 6.92 Å². The van der Waals surface area contributed by atoms with Gasteiger partial charge in [0.25, 0.3) is 11.8 Å². The van der Waals surface area contributed by atoms with Crippen molar-refractivity contribution in [3.05, 3.63) is 46.8 Å². The smallest absolute Gasteiger partial charge is 0.344 e. The summed E-state index contributed by atoms with van der Waals surface area (Å²) in [5.41, 5.74) is 6.28. The third kappa shape index (κ3) is 4.82. The van der Waals surface area contributed by atoms with Crippen molar-refractivity contribution in [1.82, 2.24) is 0 Å². The molecule has 2 rings (SSSR count). The van der Waals surface area contributed by atoms with E-state index in [9.17, 15) is 14.4 Å². The first-order valence-corrected chi connectivity index (χ1v) is 7.86. The number of ether oxygens (including phenoxy) is 2. The number of amides is 2. The van der Waals surface area contributed by atoms with E-state index in [4.69, 9.17) is 15.2 Å². The van der Waals surface area contributed by atoms with Gasteiger partial charge in [0.15, 0.2) is 13.2 Å². The Morgan fingerprint density at radius 2 is 1.92 bits per heavy atom. The minimum Gasteiger partial charge on any atom is -0.482 e. The molecule has 2 amide bonds. The molecule has 126 valence electrons. The molecule has 0 radical (unpaired) electrons. The SMILES string of the molecule is Cc1ccccc1OCC(=O)OCC(=O)Nc1sccc1C(N)=O. The molecule has 1 heterocycles. The van der Waals surface area contributed by atoms with Crippen molar-refractivity contribution in [3.63, 3.8) is 0 Å². The van der Waals surface area contributed by atoms with E-state index in [2.05, 4.69) is 5.32 Å². The number of nitrogens with one attached hydrogen (secondary N) is 1. The van der Waals surface area contributed by atoms with Crippen LogP contribution in [0.4, 0.5) is 5.00 Å². The van der Waals surface area contributed by atoms with Gasteiger partial charge in [0, 0.05) is 0 Å². The number of rotatable bonds is 7. The van der Waals surface area contributed by atoms with Crippen molar-refractivity contribution in [2.24, 2.45) is 5.73 Å². The van der Waals surface area contributed by atoms with Crippen LogP contribution in [0.1, 0.15) is 15.9 Å². The van der Waals surface area contributed by atoms with E-state index in [1.807, 2.05) is 19.1 Å². The van der Waals surface area contributed by atoms with Gasteiger partial charge in [-0.1, -0.05) is 18.2 Å². The van der Waals surface area contributed by atoms with Crippen LogP contribution in [-0.4, -0.2) is 31.0 Å². The van der Waals surface area contributed by atoms with Crippen LogP contribution in [0.5, 0.6) is 5.75 Å². The first-order valence-electron chi connectivity index (χ1n) is 6.98.